The highest BCUT2D eigenvalue weighted by molar-refractivity contribution is 6.02. The van der Waals surface area contributed by atoms with E-state index in [2.05, 4.69) is 108 Å². The van der Waals surface area contributed by atoms with Gasteiger partial charge in [-0.15, -0.1) is 0 Å². The number of methoxy groups -OCH3 is 1. The van der Waals surface area contributed by atoms with Gasteiger partial charge in [-0.05, 0) is 98.2 Å². The molecule has 8 bridgehead atoms. The summed E-state index contributed by atoms with van der Waals surface area (Å²) in [6.45, 7) is 6.17. The minimum atomic E-state index is -0.610. The summed E-state index contributed by atoms with van der Waals surface area (Å²) in [6.07, 6.45) is 7.89. The lowest BCUT2D eigenvalue weighted by Gasteiger charge is -2.09. The van der Waals surface area contributed by atoms with Gasteiger partial charge >= 0.3 is 5.97 Å². The first-order chi connectivity index (χ1) is 28.1. The number of nitrogens with one attached hydrogen (secondary N) is 2. The van der Waals surface area contributed by atoms with Crippen LogP contribution in [0.5, 0.6) is 0 Å². The van der Waals surface area contributed by atoms with Crippen LogP contribution in [0.15, 0.2) is 115 Å². The molecular formula is C49H37N5O4. The van der Waals surface area contributed by atoms with Crippen molar-refractivity contribution in [3.8, 4) is 44.5 Å². The van der Waals surface area contributed by atoms with Crippen molar-refractivity contribution in [3.05, 3.63) is 170 Å². The van der Waals surface area contributed by atoms with E-state index in [1.54, 1.807) is 0 Å². The summed E-state index contributed by atoms with van der Waals surface area (Å²) in [7, 11) is 1.28. The molecule has 2 N–H and O–H groups in total. The highest BCUT2D eigenvalue weighted by atomic mass is 16.6. The van der Waals surface area contributed by atoms with E-state index in [0.717, 1.165) is 78.0 Å². The number of aromatic amines is 2. The number of hydrogen-bond donors (Lipinski definition) is 2. The molecule has 0 aliphatic carbocycles. The number of esters is 1. The molecule has 58 heavy (non-hydrogen) atoms. The van der Waals surface area contributed by atoms with E-state index >= 15 is 0 Å². The Bertz CT molecular complexity index is 3000. The highest BCUT2D eigenvalue weighted by Gasteiger charge is 2.24. The molecule has 4 aromatic carbocycles. The molecule has 0 saturated carbocycles. The zero-order valence-electron chi connectivity index (χ0n) is 32.3. The van der Waals surface area contributed by atoms with Crippen LogP contribution in [0, 0.1) is 30.9 Å². The van der Waals surface area contributed by atoms with Gasteiger partial charge in [-0.3, -0.25) is 10.1 Å². The van der Waals surface area contributed by atoms with Crippen molar-refractivity contribution in [1.29, 1.82) is 0 Å². The third-order valence-corrected chi connectivity index (χ3v) is 10.7. The van der Waals surface area contributed by atoms with Crippen molar-refractivity contribution >= 4 is 58.0 Å². The summed E-state index contributed by atoms with van der Waals surface area (Å²) in [5.74, 6) is -0.610. The molecule has 282 valence electrons. The molecule has 0 amide bonds. The van der Waals surface area contributed by atoms with Crippen LogP contribution in [0.1, 0.15) is 49.8 Å². The zero-order valence-corrected chi connectivity index (χ0v) is 32.3. The minimum absolute atomic E-state index is 0.174. The molecule has 0 radical (unpaired) electrons. The molecule has 3 aromatic heterocycles. The van der Waals surface area contributed by atoms with E-state index in [1.807, 2.05) is 44.2 Å². The average Bonchev–Trinajstić information content (AvgIpc) is 4.07. The number of aromatic nitrogens is 4. The number of nitro benzene ring substituents is 1. The number of H-pyrrole nitrogens is 2. The van der Waals surface area contributed by atoms with Crippen molar-refractivity contribution in [3.63, 3.8) is 0 Å². The van der Waals surface area contributed by atoms with Gasteiger partial charge < -0.3 is 14.7 Å². The average molecular weight is 760 g/mol. The molecule has 0 fully saturated rings. The van der Waals surface area contributed by atoms with Gasteiger partial charge in [-0.25, -0.2) is 14.8 Å². The lowest BCUT2D eigenvalue weighted by Crippen LogP contribution is -2.03. The Kier molecular flexibility index (Phi) is 8.97. The molecule has 2 aliphatic rings. The van der Waals surface area contributed by atoms with Crippen LogP contribution in [-0.2, 0) is 4.74 Å². The fourth-order valence-electron chi connectivity index (χ4n) is 7.70. The van der Waals surface area contributed by atoms with Crippen LogP contribution < -0.4 is 0 Å². The fraction of sp³-hybridized carbons (Fsp3) is 0.0816. The number of aryl methyl sites for hydroxylation is 3. The van der Waals surface area contributed by atoms with Crippen molar-refractivity contribution in [1.82, 2.24) is 19.9 Å². The quantitative estimate of drug-likeness (QED) is 0.0987. The lowest BCUT2D eigenvalue weighted by molar-refractivity contribution is -0.384. The van der Waals surface area contributed by atoms with E-state index in [1.165, 1.54) is 25.3 Å². The van der Waals surface area contributed by atoms with E-state index < -0.39 is 10.9 Å². The van der Waals surface area contributed by atoms with Gasteiger partial charge in [0.1, 0.15) is 0 Å². The number of benzene rings is 4. The van der Waals surface area contributed by atoms with Gasteiger partial charge in [0, 0.05) is 50.4 Å². The van der Waals surface area contributed by atoms with E-state index in [-0.39, 0.29) is 16.8 Å². The number of fused-ring (bicyclic) bond motifs is 8. The largest absolute Gasteiger partial charge is 0.465 e. The van der Waals surface area contributed by atoms with Crippen LogP contribution in [0.4, 0.5) is 5.69 Å². The van der Waals surface area contributed by atoms with Gasteiger partial charge in [-0.1, -0.05) is 89.5 Å². The Hall–Kier alpha value is -7.65. The maximum Gasteiger partial charge on any atom is 0.337 e. The molecule has 9 rings (SSSR count). The van der Waals surface area contributed by atoms with Crippen molar-refractivity contribution in [2.24, 2.45) is 0 Å². The Morgan fingerprint density at radius 3 is 1.26 bits per heavy atom. The third-order valence-electron chi connectivity index (χ3n) is 10.7. The first kappa shape index (κ1) is 36.0. The first-order valence-electron chi connectivity index (χ1n) is 18.9. The molecule has 0 unspecified atom stereocenters. The van der Waals surface area contributed by atoms with Crippen LogP contribution in [0.25, 0.3) is 90.9 Å². The van der Waals surface area contributed by atoms with E-state index in [0.29, 0.717) is 22.5 Å². The lowest BCUT2D eigenvalue weighted by atomic mass is 9.99. The maximum absolute atomic E-state index is 12.9. The van der Waals surface area contributed by atoms with Gasteiger partial charge in [-0.2, -0.15) is 0 Å². The summed E-state index contributed by atoms with van der Waals surface area (Å²) in [4.78, 5) is 43.1. The summed E-state index contributed by atoms with van der Waals surface area (Å²) >= 11 is 0. The molecular weight excluding hydrogens is 723 g/mol. The van der Waals surface area contributed by atoms with Gasteiger partial charge in [0.05, 0.1) is 45.9 Å². The molecule has 2 aliphatic heterocycles. The predicted molar refractivity (Wildman–Crippen MR) is 233 cm³/mol. The molecule has 0 spiro atoms. The number of rotatable bonds is 6. The zero-order chi connectivity index (χ0) is 40.1. The number of nitrogens with zero attached hydrogens (tertiary/aromatic N) is 3. The topological polar surface area (TPSA) is 127 Å². The van der Waals surface area contributed by atoms with Crippen LogP contribution >= 0.6 is 0 Å². The monoisotopic (exact) mass is 759 g/mol. The predicted octanol–water partition coefficient (Wildman–Crippen LogP) is 11.9. The Balaban J connectivity index is 1.49. The SMILES string of the molecule is COC(=O)c1ccc([N+](=O)[O-])c(-c2c3nc(c(-c4ccc(C)cc4)c4ccc([nH]4)c(-c4ccc(C)cc4)c4nc(c(-c5ccc(C)cc5)c5ccc2[nH]5)C=C4)C=C3)c1. The van der Waals surface area contributed by atoms with Gasteiger partial charge in [0.15, 0.2) is 0 Å². The number of ether oxygens (including phenoxy) is 1. The normalized spacial score (nSPS) is 11.9. The molecule has 9 nitrogen and oxygen atoms in total. The molecule has 0 atom stereocenters. The second kappa shape index (κ2) is 14.5. The third kappa shape index (κ3) is 6.48. The smallest absolute Gasteiger partial charge is 0.337 e. The van der Waals surface area contributed by atoms with Crippen molar-refractivity contribution < 1.29 is 14.5 Å². The summed E-state index contributed by atoms with van der Waals surface area (Å²) < 4.78 is 5.05. The molecule has 5 heterocycles. The standard InChI is InChI=1S/C49H37N5O4/c1-28-5-11-31(12-6-28)45-36-18-20-38(50-36)46(32-13-7-29(2)8-14-32)40-22-24-42(52-40)48(35-27-34(49(55)58-4)17-26-44(35)54(56)57)43-25-23-41(53-43)47(39-21-19-37(45)51-39)33-15-9-30(3)10-16-33/h5-27,50,53H,1-4H3. The van der Waals surface area contributed by atoms with Gasteiger partial charge in [0.2, 0.25) is 0 Å². The second-order valence-corrected chi connectivity index (χ2v) is 14.6. The number of carbonyl (C=O) groups excluding carboxylic acids is 1. The first-order valence-corrected chi connectivity index (χ1v) is 18.9. The highest BCUT2D eigenvalue weighted by Crippen LogP contribution is 2.41. The van der Waals surface area contributed by atoms with Crippen molar-refractivity contribution in [2.75, 3.05) is 7.11 Å². The fourth-order valence-corrected chi connectivity index (χ4v) is 7.70. The van der Waals surface area contributed by atoms with Crippen LogP contribution in [0.3, 0.4) is 0 Å². The Morgan fingerprint density at radius 2 is 0.897 bits per heavy atom. The number of nitro groups is 1. The summed E-state index contributed by atoms with van der Waals surface area (Å²) in [5, 5.41) is 12.7. The summed E-state index contributed by atoms with van der Waals surface area (Å²) in [6, 6.07) is 37.3. The maximum atomic E-state index is 12.9. The molecule has 9 heteroatoms. The van der Waals surface area contributed by atoms with Crippen LogP contribution in [-0.4, -0.2) is 37.9 Å². The van der Waals surface area contributed by atoms with Gasteiger partial charge in [0.25, 0.3) is 5.69 Å². The van der Waals surface area contributed by atoms with Crippen LogP contribution in [0.2, 0.25) is 0 Å². The number of hydrogen-bond acceptors (Lipinski definition) is 6. The van der Waals surface area contributed by atoms with Crippen molar-refractivity contribution in [2.45, 2.75) is 20.8 Å². The van der Waals surface area contributed by atoms with E-state index in [9.17, 15) is 14.9 Å². The minimum Gasteiger partial charge on any atom is -0.465 e. The second-order valence-electron chi connectivity index (χ2n) is 14.6. The Morgan fingerprint density at radius 1 is 0.534 bits per heavy atom. The molecule has 0 saturated heterocycles. The summed E-state index contributed by atoms with van der Waals surface area (Å²) in [5.41, 5.74) is 15.3. The van der Waals surface area contributed by atoms with E-state index in [4.69, 9.17) is 14.7 Å². The molecule has 7 aromatic rings. The Labute approximate surface area is 334 Å². The number of carbonyl (C=O) groups is 1.